The van der Waals surface area contributed by atoms with Crippen LogP contribution in [0.15, 0.2) is 23.0 Å². The number of hydrogen-bond acceptors (Lipinski definition) is 5. The summed E-state index contributed by atoms with van der Waals surface area (Å²) in [5.41, 5.74) is -0.606. The summed E-state index contributed by atoms with van der Waals surface area (Å²) < 4.78 is 21.2. The summed E-state index contributed by atoms with van der Waals surface area (Å²) in [5.74, 6) is -0.661. The number of rotatable bonds is 3. The maximum atomic E-state index is 14.0. The number of fused-ring (bicyclic) bond motifs is 1. The van der Waals surface area contributed by atoms with E-state index in [0.29, 0.717) is 3.57 Å². The van der Waals surface area contributed by atoms with Crippen LogP contribution in [0, 0.1) is 26.4 Å². The summed E-state index contributed by atoms with van der Waals surface area (Å²) >= 11 is 1.96. The number of halogens is 2. The molecule has 0 spiro atoms. The Kier molecular flexibility index (Phi) is 3.96. The van der Waals surface area contributed by atoms with Crippen LogP contribution in [0.1, 0.15) is 5.56 Å². The molecule has 0 atom stereocenters. The van der Waals surface area contributed by atoms with Gasteiger partial charge in [0, 0.05) is 9.13 Å². The molecular formula is C14H11FIN3O4. The summed E-state index contributed by atoms with van der Waals surface area (Å²) in [5, 5.41) is 14.1. The molecule has 1 aromatic carbocycles. The third-order valence-electron chi connectivity index (χ3n) is 3.55. The van der Waals surface area contributed by atoms with E-state index in [1.165, 1.54) is 23.6 Å². The molecule has 0 unspecified atom stereocenters. The van der Waals surface area contributed by atoms with Crippen molar-refractivity contribution in [2.75, 3.05) is 11.9 Å². The van der Waals surface area contributed by atoms with E-state index in [4.69, 9.17) is 4.74 Å². The minimum absolute atomic E-state index is 0.0479. The number of hydrogen-bond donors (Lipinski definition) is 1. The van der Waals surface area contributed by atoms with Crippen LogP contribution in [-0.4, -0.2) is 16.1 Å². The first kappa shape index (κ1) is 15.7. The maximum absolute atomic E-state index is 14.0. The highest BCUT2D eigenvalue weighted by Crippen LogP contribution is 2.39. The average Bonchev–Trinajstić information content (AvgIpc) is 2.96. The van der Waals surface area contributed by atoms with Gasteiger partial charge in [0.15, 0.2) is 0 Å². The number of nitrogens with zero attached hydrogens (tertiary/aromatic N) is 2. The van der Waals surface area contributed by atoms with Gasteiger partial charge in [0.1, 0.15) is 18.1 Å². The van der Waals surface area contributed by atoms with Gasteiger partial charge >= 0.3 is 5.69 Å². The molecule has 0 amide bonds. The molecule has 2 aromatic rings. The molecule has 1 aliphatic heterocycles. The quantitative estimate of drug-likeness (QED) is 0.459. The summed E-state index contributed by atoms with van der Waals surface area (Å²) in [6.07, 6.45) is 0. The Balaban J connectivity index is 2.21. The lowest BCUT2D eigenvalue weighted by Gasteiger charge is -2.13. The molecule has 0 bridgehead atoms. The second-order valence-corrected chi connectivity index (χ2v) is 6.21. The third-order valence-corrected chi connectivity index (χ3v) is 4.22. The molecular weight excluding hydrogens is 420 g/mol. The summed E-state index contributed by atoms with van der Waals surface area (Å²) in [7, 11) is 0. The van der Waals surface area contributed by atoms with Crippen molar-refractivity contribution in [3.63, 3.8) is 0 Å². The molecule has 1 N–H and O–H groups in total. The topological polar surface area (TPSA) is 86.4 Å². The second-order valence-electron chi connectivity index (χ2n) is 4.97. The number of ether oxygens (including phenoxy) is 1. The highest BCUT2D eigenvalue weighted by atomic mass is 127. The molecule has 7 nitrogen and oxygen atoms in total. The number of benzene rings is 1. The van der Waals surface area contributed by atoms with E-state index in [1.54, 1.807) is 6.07 Å². The number of nitrogens with one attached hydrogen (secondary N) is 1. The summed E-state index contributed by atoms with van der Waals surface area (Å²) in [6, 6.07) is 4.41. The molecule has 0 aliphatic carbocycles. The van der Waals surface area contributed by atoms with Gasteiger partial charge in [-0.2, -0.15) is 0 Å². The van der Waals surface area contributed by atoms with E-state index >= 15 is 0 Å². The lowest BCUT2D eigenvalue weighted by Crippen LogP contribution is -2.22. The highest BCUT2D eigenvalue weighted by Gasteiger charge is 2.32. The molecule has 9 heteroatoms. The van der Waals surface area contributed by atoms with Gasteiger partial charge in [0.05, 0.1) is 17.2 Å². The van der Waals surface area contributed by atoms with E-state index in [1.807, 2.05) is 22.6 Å². The van der Waals surface area contributed by atoms with Crippen molar-refractivity contribution >= 4 is 39.7 Å². The fourth-order valence-corrected chi connectivity index (χ4v) is 2.90. The molecule has 0 saturated carbocycles. The van der Waals surface area contributed by atoms with Gasteiger partial charge in [-0.05, 0) is 47.7 Å². The molecule has 0 radical (unpaired) electrons. The fourth-order valence-electron chi connectivity index (χ4n) is 2.44. The normalized spacial score (nSPS) is 12.7. The monoisotopic (exact) mass is 431 g/mol. The number of nitro groups is 1. The number of pyridine rings is 1. The van der Waals surface area contributed by atoms with E-state index in [2.05, 4.69) is 5.32 Å². The van der Waals surface area contributed by atoms with Gasteiger partial charge in [-0.1, -0.05) is 0 Å². The Morgan fingerprint density at radius 1 is 1.48 bits per heavy atom. The van der Waals surface area contributed by atoms with Crippen molar-refractivity contribution in [3.05, 3.63) is 53.6 Å². The minimum Gasteiger partial charge on any atom is -0.472 e. The van der Waals surface area contributed by atoms with E-state index in [9.17, 15) is 19.3 Å². The van der Waals surface area contributed by atoms with Crippen molar-refractivity contribution in [3.8, 4) is 5.88 Å². The van der Waals surface area contributed by atoms with Gasteiger partial charge in [0.25, 0.3) is 11.4 Å². The van der Waals surface area contributed by atoms with Crippen LogP contribution in [0.25, 0.3) is 0 Å². The Morgan fingerprint density at radius 3 is 2.87 bits per heavy atom. The average molecular weight is 431 g/mol. The Labute approximate surface area is 143 Å². The second kappa shape index (κ2) is 5.80. The van der Waals surface area contributed by atoms with E-state index < -0.39 is 16.3 Å². The van der Waals surface area contributed by atoms with E-state index in [0.717, 1.165) is 0 Å². The lowest BCUT2D eigenvalue weighted by molar-refractivity contribution is -0.385. The van der Waals surface area contributed by atoms with Crippen molar-refractivity contribution in [2.45, 2.75) is 13.5 Å². The van der Waals surface area contributed by atoms with Crippen molar-refractivity contribution in [1.82, 2.24) is 4.57 Å². The van der Waals surface area contributed by atoms with Crippen LogP contribution in [0.4, 0.5) is 21.5 Å². The minimum atomic E-state index is -0.628. The molecule has 2 heterocycles. The zero-order chi connectivity index (χ0) is 16.7. The van der Waals surface area contributed by atoms with Crippen LogP contribution in [-0.2, 0) is 6.54 Å². The van der Waals surface area contributed by atoms with Crippen LogP contribution >= 0.6 is 22.6 Å². The van der Waals surface area contributed by atoms with Gasteiger partial charge in [-0.3, -0.25) is 19.5 Å². The van der Waals surface area contributed by atoms with Crippen LogP contribution in [0.5, 0.6) is 5.88 Å². The standard InChI is InChI=1S/C14H11FIN3O4/c1-7-11(17-10-3-2-8(16)6-9(10)15)12(19(21)22)14-18(13(7)20)4-5-23-14/h2-3,6,17H,4-5H2,1H3. The third kappa shape index (κ3) is 2.64. The Bertz CT molecular complexity index is 881. The lowest BCUT2D eigenvalue weighted by atomic mass is 10.2. The molecule has 0 saturated heterocycles. The maximum Gasteiger partial charge on any atom is 0.352 e. The fraction of sp³-hybridized carbons (Fsp3) is 0.214. The smallest absolute Gasteiger partial charge is 0.352 e. The number of anilines is 2. The van der Waals surface area contributed by atoms with Crippen LogP contribution in [0.2, 0.25) is 0 Å². The van der Waals surface area contributed by atoms with Gasteiger partial charge in [-0.15, -0.1) is 0 Å². The van der Waals surface area contributed by atoms with Gasteiger partial charge in [0.2, 0.25) is 0 Å². The van der Waals surface area contributed by atoms with Crippen LogP contribution < -0.4 is 15.6 Å². The van der Waals surface area contributed by atoms with E-state index in [-0.39, 0.29) is 41.7 Å². The zero-order valence-corrected chi connectivity index (χ0v) is 14.1. The molecule has 0 fully saturated rings. The molecule has 23 heavy (non-hydrogen) atoms. The Morgan fingerprint density at radius 2 is 2.22 bits per heavy atom. The van der Waals surface area contributed by atoms with Gasteiger partial charge < -0.3 is 10.1 Å². The first-order valence-corrected chi connectivity index (χ1v) is 7.74. The van der Waals surface area contributed by atoms with Gasteiger partial charge in [-0.25, -0.2) is 4.39 Å². The summed E-state index contributed by atoms with van der Waals surface area (Å²) in [6.45, 7) is 1.92. The predicted octanol–water partition coefficient (Wildman–Crippen LogP) is 2.94. The molecule has 1 aliphatic rings. The summed E-state index contributed by atoms with van der Waals surface area (Å²) in [4.78, 5) is 23.1. The highest BCUT2D eigenvalue weighted by molar-refractivity contribution is 14.1. The Hall–Kier alpha value is -2.17. The van der Waals surface area contributed by atoms with Crippen molar-refractivity contribution in [1.29, 1.82) is 0 Å². The predicted molar refractivity (Wildman–Crippen MR) is 90.0 cm³/mol. The van der Waals surface area contributed by atoms with Crippen molar-refractivity contribution in [2.24, 2.45) is 0 Å². The zero-order valence-electron chi connectivity index (χ0n) is 11.9. The molecule has 3 rings (SSSR count). The largest absolute Gasteiger partial charge is 0.472 e. The first-order chi connectivity index (χ1) is 10.9. The number of aromatic nitrogens is 1. The van der Waals surface area contributed by atoms with Crippen LogP contribution in [0.3, 0.4) is 0 Å². The molecule has 1 aromatic heterocycles. The van der Waals surface area contributed by atoms with Crippen molar-refractivity contribution < 1.29 is 14.1 Å². The first-order valence-electron chi connectivity index (χ1n) is 6.67. The molecule has 120 valence electrons. The SMILES string of the molecule is Cc1c(Nc2ccc(I)cc2F)c([N+](=O)[O-])c2n(c1=O)CCO2.